The number of nitrogens with zero attached hydrogens (tertiary/aromatic N) is 2. The van der Waals surface area contributed by atoms with Gasteiger partial charge in [0, 0.05) is 19.0 Å². The highest BCUT2D eigenvalue weighted by Gasteiger charge is 2.30. The van der Waals surface area contributed by atoms with Gasteiger partial charge in [0.1, 0.15) is 11.6 Å². The van der Waals surface area contributed by atoms with Crippen LogP contribution in [0.2, 0.25) is 0 Å². The fourth-order valence-electron chi connectivity index (χ4n) is 2.16. The van der Waals surface area contributed by atoms with Crippen molar-refractivity contribution in [1.29, 1.82) is 0 Å². The topological polar surface area (TPSA) is 79.5 Å². The molecular formula is C12H16FN3O2. The van der Waals surface area contributed by atoms with Crippen LogP contribution < -0.4 is 5.73 Å². The van der Waals surface area contributed by atoms with Gasteiger partial charge in [0.25, 0.3) is 5.91 Å². The van der Waals surface area contributed by atoms with Crippen LogP contribution in [0.4, 0.5) is 10.2 Å². The summed E-state index contributed by atoms with van der Waals surface area (Å²) in [5, 5.41) is 9.49. The molecule has 1 aliphatic heterocycles. The Morgan fingerprint density at radius 2 is 2.44 bits per heavy atom. The van der Waals surface area contributed by atoms with Gasteiger partial charge in [0.05, 0.1) is 17.9 Å². The van der Waals surface area contributed by atoms with Crippen LogP contribution >= 0.6 is 0 Å². The van der Waals surface area contributed by atoms with Crippen molar-refractivity contribution in [3.05, 3.63) is 23.6 Å². The SMILES string of the molecule is CC(O)C1CCN(C(=O)c2cc(F)cnc2N)C1. The Balaban J connectivity index is 2.15. The minimum absolute atomic E-state index is 0.0295. The average Bonchev–Trinajstić information content (AvgIpc) is 2.81. The monoisotopic (exact) mass is 253 g/mol. The first-order chi connectivity index (χ1) is 8.49. The normalized spacial score (nSPS) is 21.1. The predicted molar refractivity (Wildman–Crippen MR) is 64.3 cm³/mol. The molecule has 2 rings (SSSR count). The van der Waals surface area contributed by atoms with Gasteiger partial charge in [0.2, 0.25) is 0 Å². The zero-order valence-electron chi connectivity index (χ0n) is 10.1. The molecule has 6 heteroatoms. The third-order valence-corrected chi connectivity index (χ3v) is 3.31. The van der Waals surface area contributed by atoms with E-state index in [9.17, 15) is 14.3 Å². The number of pyridine rings is 1. The summed E-state index contributed by atoms with van der Waals surface area (Å²) in [5.74, 6) is -0.819. The van der Waals surface area contributed by atoms with Gasteiger partial charge in [-0.2, -0.15) is 0 Å². The molecule has 1 saturated heterocycles. The van der Waals surface area contributed by atoms with Crippen molar-refractivity contribution in [2.24, 2.45) is 5.92 Å². The summed E-state index contributed by atoms with van der Waals surface area (Å²) in [5.41, 5.74) is 5.66. The van der Waals surface area contributed by atoms with Crippen LogP contribution in [0.5, 0.6) is 0 Å². The lowest BCUT2D eigenvalue weighted by molar-refractivity contribution is 0.0762. The number of halogens is 1. The molecule has 3 N–H and O–H groups in total. The number of carbonyl (C=O) groups excluding carboxylic acids is 1. The first kappa shape index (κ1) is 12.8. The van der Waals surface area contributed by atoms with Crippen LogP contribution in [0.25, 0.3) is 0 Å². The van der Waals surface area contributed by atoms with Gasteiger partial charge >= 0.3 is 0 Å². The van der Waals surface area contributed by atoms with Gasteiger partial charge in [-0.25, -0.2) is 9.37 Å². The number of aromatic nitrogens is 1. The number of nitrogens with two attached hydrogens (primary N) is 1. The molecule has 1 aliphatic rings. The Hall–Kier alpha value is -1.69. The van der Waals surface area contributed by atoms with Crippen LogP contribution in [0, 0.1) is 11.7 Å². The van der Waals surface area contributed by atoms with Crippen molar-refractivity contribution in [3.63, 3.8) is 0 Å². The smallest absolute Gasteiger partial charge is 0.257 e. The number of carbonyl (C=O) groups is 1. The maximum Gasteiger partial charge on any atom is 0.257 e. The first-order valence-electron chi connectivity index (χ1n) is 5.87. The lowest BCUT2D eigenvalue weighted by Crippen LogP contribution is -2.31. The first-order valence-corrected chi connectivity index (χ1v) is 5.87. The lowest BCUT2D eigenvalue weighted by Gasteiger charge is -2.18. The molecule has 5 nitrogen and oxygen atoms in total. The summed E-state index contributed by atoms with van der Waals surface area (Å²) in [6, 6.07) is 1.10. The Bertz CT molecular complexity index is 465. The van der Waals surface area contributed by atoms with Crippen molar-refractivity contribution in [2.75, 3.05) is 18.8 Å². The summed E-state index contributed by atoms with van der Waals surface area (Å²) in [4.78, 5) is 17.4. The number of hydrogen-bond acceptors (Lipinski definition) is 4. The van der Waals surface area contributed by atoms with Crippen LogP contribution in [0.15, 0.2) is 12.3 Å². The molecule has 2 atom stereocenters. The summed E-state index contributed by atoms with van der Waals surface area (Å²) < 4.78 is 13.1. The Morgan fingerprint density at radius 3 is 3.06 bits per heavy atom. The quantitative estimate of drug-likeness (QED) is 0.811. The zero-order valence-corrected chi connectivity index (χ0v) is 10.1. The molecule has 1 fully saturated rings. The van der Waals surface area contributed by atoms with E-state index in [0.717, 1.165) is 18.7 Å². The van der Waals surface area contributed by atoms with Crippen molar-refractivity contribution in [1.82, 2.24) is 9.88 Å². The van der Waals surface area contributed by atoms with E-state index in [1.807, 2.05) is 0 Å². The molecule has 2 unspecified atom stereocenters. The Kier molecular flexibility index (Phi) is 3.47. The number of aliphatic hydroxyl groups excluding tert-OH is 1. The molecule has 18 heavy (non-hydrogen) atoms. The summed E-state index contributed by atoms with van der Waals surface area (Å²) in [6.45, 7) is 2.72. The molecule has 1 aromatic heterocycles. The van der Waals surface area contributed by atoms with E-state index in [1.54, 1.807) is 11.8 Å². The molecule has 1 aromatic rings. The number of nitrogen functional groups attached to an aromatic ring is 1. The number of aliphatic hydroxyl groups is 1. The Morgan fingerprint density at radius 1 is 1.72 bits per heavy atom. The van der Waals surface area contributed by atoms with E-state index in [4.69, 9.17) is 5.73 Å². The number of amides is 1. The molecule has 0 bridgehead atoms. The molecule has 0 aliphatic carbocycles. The van der Waals surface area contributed by atoms with Crippen molar-refractivity contribution < 1.29 is 14.3 Å². The van der Waals surface area contributed by atoms with Crippen LogP contribution in [-0.2, 0) is 0 Å². The molecule has 98 valence electrons. The molecule has 0 aromatic carbocycles. The van der Waals surface area contributed by atoms with Gasteiger partial charge in [0.15, 0.2) is 0 Å². The number of anilines is 1. The van der Waals surface area contributed by atoms with Gasteiger partial charge in [-0.1, -0.05) is 0 Å². The summed E-state index contributed by atoms with van der Waals surface area (Å²) in [6.07, 6.45) is 1.27. The molecule has 0 spiro atoms. The second kappa shape index (κ2) is 4.89. The third kappa shape index (κ3) is 2.43. The van der Waals surface area contributed by atoms with E-state index in [-0.39, 0.29) is 23.2 Å². The highest BCUT2D eigenvalue weighted by molar-refractivity contribution is 5.98. The van der Waals surface area contributed by atoms with E-state index in [2.05, 4.69) is 4.98 Å². The standard InChI is InChI=1S/C12H16FN3O2/c1-7(17)8-2-3-16(6-8)12(18)10-4-9(13)5-15-11(10)14/h4-5,7-8,17H,2-3,6H2,1H3,(H2,14,15). The number of hydrogen-bond donors (Lipinski definition) is 2. The highest BCUT2D eigenvalue weighted by atomic mass is 19.1. The minimum Gasteiger partial charge on any atom is -0.393 e. The highest BCUT2D eigenvalue weighted by Crippen LogP contribution is 2.23. The molecule has 2 heterocycles. The lowest BCUT2D eigenvalue weighted by atomic mass is 10.0. The molecule has 0 radical (unpaired) electrons. The maximum atomic E-state index is 13.1. The largest absolute Gasteiger partial charge is 0.393 e. The fraction of sp³-hybridized carbons (Fsp3) is 0.500. The van der Waals surface area contributed by atoms with Crippen molar-refractivity contribution in [3.8, 4) is 0 Å². The second-order valence-electron chi connectivity index (χ2n) is 4.63. The third-order valence-electron chi connectivity index (χ3n) is 3.31. The predicted octanol–water partition coefficient (Wildman–Crippen LogP) is 0.646. The summed E-state index contributed by atoms with van der Waals surface area (Å²) in [7, 11) is 0. The van der Waals surface area contributed by atoms with E-state index in [0.29, 0.717) is 13.1 Å². The van der Waals surface area contributed by atoms with Gasteiger partial charge in [-0.3, -0.25) is 4.79 Å². The van der Waals surface area contributed by atoms with Crippen molar-refractivity contribution in [2.45, 2.75) is 19.4 Å². The van der Waals surface area contributed by atoms with Gasteiger partial charge in [-0.05, 0) is 19.4 Å². The Labute approximate surface area is 104 Å². The fourth-order valence-corrected chi connectivity index (χ4v) is 2.16. The number of likely N-dealkylation sites (tertiary alicyclic amines) is 1. The van der Waals surface area contributed by atoms with E-state index >= 15 is 0 Å². The minimum atomic E-state index is -0.584. The van der Waals surface area contributed by atoms with E-state index in [1.165, 1.54) is 0 Å². The van der Waals surface area contributed by atoms with Crippen molar-refractivity contribution >= 4 is 11.7 Å². The van der Waals surface area contributed by atoms with Gasteiger partial charge < -0.3 is 15.7 Å². The van der Waals surface area contributed by atoms with Gasteiger partial charge in [-0.15, -0.1) is 0 Å². The molecule has 0 saturated carbocycles. The second-order valence-corrected chi connectivity index (χ2v) is 4.63. The zero-order chi connectivity index (χ0) is 13.3. The summed E-state index contributed by atoms with van der Waals surface area (Å²) >= 11 is 0. The van der Waals surface area contributed by atoms with Crippen LogP contribution in [0.3, 0.4) is 0 Å². The maximum absolute atomic E-state index is 13.1. The average molecular weight is 253 g/mol. The number of rotatable bonds is 2. The van der Waals surface area contributed by atoms with Crippen LogP contribution in [-0.4, -0.2) is 40.1 Å². The molecular weight excluding hydrogens is 237 g/mol. The van der Waals surface area contributed by atoms with E-state index < -0.39 is 11.9 Å². The molecule has 1 amide bonds. The van der Waals surface area contributed by atoms with Crippen LogP contribution in [0.1, 0.15) is 23.7 Å².